The van der Waals surface area contributed by atoms with Gasteiger partial charge < -0.3 is 14.9 Å². The Morgan fingerprint density at radius 3 is 2.32 bits per heavy atom. The van der Waals surface area contributed by atoms with E-state index in [4.69, 9.17) is 0 Å². The van der Waals surface area contributed by atoms with Gasteiger partial charge in [-0.1, -0.05) is 42.5 Å². The van der Waals surface area contributed by atoms with E-state index in [0.717, 1.165) is 6.54 Å². The molecule has 146 valence electrons. The van der Waals surface area contributed by atoms with Crippen LogP contribution in [0.3, 0.4) is 0 Å². The summed E-state index contributed by atoms with van der Waals surface area (Å²) in [5.41, 5.74) is 1.08. The fourth-order valence-corrected chi connectivity index (χ4v) is 3.41. The van der Waals surface area contributed by atoms with Gasteiger partial charge in [-0.3, -0.25) is 9.59 Å². The molecule has 0 radical (unpaired) electrons. The number of halogens is 1. The van der Waals surface area contributed by atoms with Crippen molar-refractivity contribution in [2.24, 2.45) is 0 Å². The van der Waals surface area contributed by atoms with Crippen molar-refractivity contribution in [3.63, 3.8) is 0 Å². The maximum atomic E-state index is 13.4. The summed E-state index contributed by atoms with van der Waals surface area (Å²) in [7, 11) is 3.86. The lowest BCUT2D eigenvalue weighted by molar-refractivity contribution is -0.139. The number of aliphatic hydroxyl groups excluding tert-OH is 1. The second-order valence-corrected chi connectivity index (χ2v) is 7.07. The van der Waals surface area contributed by atoms with Crippen LogP contribution in [0.1, 0.15) is 23.6 Å². The highest BCUT2D eigenvalue weighted by Gasteiger charge is 2.45. The van der Waals surface area contributed by atoms with Crippen LogP contribution < -0.4 is 0 Å². The molecule has 1 N–H and O–H groups in total. The lowest BCUT2D eigenvalue weighted by Crippen LogP contribution is -2.32. The summed E-state index contributed by atoms with van der Waals surface area (Å²) in [6.07, 6.45) is 0.670. The molecule has 1 amide bonds. The van der Waals surface area contributed by atoms with Crippen molar-refractivity contribution < 1.29 is 19.1 Å². The molecule has 0 bridgehead atoms. The Bertz CT molecular complexity index is 892. The fraction of sp³-hybridized carbons (Fsp3) is 0.273. The first-order valence-corrected chi connectivity index (χ1v) is 9.14. The number of Topliss-reactive ketones (excluding diaryl/α,β-unsaturated/α-hetero) is 1. The van der Waals surface area contributed by atoms with Crippen LogP contribution in [0, 0.1) is 5.82 Å². The van der Waals surface area contributed by atoms with Crippen LogP contribution in [-0.2, 0) is 9.59 Å². The molecule has 5 nitrogen and oxygen atoms in total. The molecule has 1 heterocycles. The van der Waals surface area contributed by atoms with E-state index in [9.17, 15) is 19.1 Å². The van der Waals surface area contributed by atoms with Gasteiger partial charge in [-0.15, -0.1) is 0 Å². The molecule has 0 unspecified atom stereocenters. The van der Waals surface area contributed by atoms with E-state index >= 15 is 0 Å². The predicted octanol–water partition coefficient (Wildman–Crippen LogP) is 3.20. The molecule has 0 saturated carbocycles. The van der Waals surface area contributed by atoms with Gasteiger partial charge in [-0.2, -0.15) is 0 Å². The van der Waals surface area contributed by atoms with Crippen molar-refractivity contribution >= 4 is 17.4 Å². The topological polar surface area (TPSA) is 60.9 Å². The average Bonchev–Trinajstić information content (AvgIpc) is 2.93. The summed E-state index contributed by atoms with van der Waals surface area (Å²) in [6.45, 7) is 1.11. The number of ketones is 1. The molecular weight excluding hydrogens is 359 g/mol. The number of aliphatic hydroxyl groups is 1. The molecule has 3 rings (SSSR count). The summed E-state index contributed by atoms with van der Waals surface area (Å²) in [4.78, 5) is 29.0. The standard InChI is InChI=1S/C22H23FN2O3/c1-24(2)13-6-14-25-19(15-9-11-17(23)12-10-15)18(21(27)22(25)28)20(26)16-7-4-3-5-8-16/h3-5,7-12,19,26H,6,13-14H2,1-2H3/t19-/m1/s1. The maximum absolute atomic E-state index is 13.4. The Morgan fingerprint density at radius 2 is 1.71 bits per heavy atom. The predicted molar refractivity (Wildman–Crippen MR) is 105 cm³/mol. The van der Waals surface area contributed by atoms with Crippen molar-refractivity contribution in [2.75, 3.05) is 27.2 Å². The highest BCUT2D eigenvalue weighted by molar-refractivity contribution is 6.46. The molecule has 1 saturated heterocycles. The van der Waals surface area contributed by atoms with Gasteiger partial charge in [0.25, 0.3) is 11.7 Å². The monoisotopic (exact) mass is 382 g/mol. The van der Waals surface area contributed by atoms with Crippen molar-refractivity contribution in [2.45, 2.75) is 12.5 Å². The number of likely N-dealkylation sites (tertiary alicyclic amines) is 1. The van der Waals surface area contributed by atoms with E-state index < -0.39 is 23.5 Å². The summed E-state index contributed by atoms with van der Waals surface area (Å²) in [5, 5.41) is 10.8. The van der Waals surface area contributed by atoms with Crippen molar-refractivity contribution in [1.29, 1.82) is 0 Å². The summed E-state index contributed by atoms with van der Waals surface area (Å²) < 4.78 is 13.4. The summed E-state index contributed by atoms with van der Waals surface area (Å²) in [6, 6.07) is 13.6. The number of rotatable bonds is 6. The van der Waals surface area contributed by atoms with Crippen LogP contribution in [0.15, 0.2) is 60.2 Å². The number of benzene rings is 2. The second kappa shape index (κ2) is 8.35. The van der Waals surface area contributed by atoms with Crippen molar-refractivity contribution in [3.8, 4) is 0 Å². The number of nitrogens with zero attached hydrogens (tertiary/aromatic N) is 2. The number of hydrogen-bond acceptors (Lipinski definition) is 4. The number of carbonyl (C=O) groups excluding carboxylic acids is 2. The Kier molecular flexibility index (Phi) is 5.90. The lowest BCUT2D eigenvalue weighted by Gasteiger charge is -2.26. The average molecular weight is 382 g/mol. The fourth-order valence-electron chi connectivity index (χ4n) is 3.41. The number of amides is 1. The smallest absolute Gasteiger partial charge is 0.295 e. The van der Waals surface area contributed by atoms with Gasteiger partial charge in [0.1, 0.15) is 11.6 Å². The molecular formula is C22H23FN2O3. The van der Waals surface area contributed by atoms with E-state index in [0.29, 0.717) is 24.1 Å². The molecule has 1 atom stereocenters. The van der Waals surface area contributed by atoms with Crippen LogP contribution in [-0.4, -0.2) is 53.8 Å². The van der Waals surface area contributed by atoms with E-state index in [2.05, 4.69) is 0 Å². The Hall–Kier alpha value is -2.99. The van der Waals surface area contributed by atoms with Crippen LogP contribution in [0.4, 0.5) is 4.39 Å². The number of hydrogen-bond donors (Lipinski definition) is 1. The maximum Gasteiger partial charge on any atom is 0.295 e. The molecule has 6 heteroatoms. The van der Waals surface area contributed by atoms with Gasteiger partial charge in [0.15, 0.2) is 0 Å². The minimum absolute atomic E-state index is 0.0349. The highest BCUT2D eigenvalue weighted by atomic mass is 19.1. The minimum Gasteiger partial charge on any atom is -0.507 e. The van der Waals surface area contributed by atoms with E-state index in [1.165, 1.54) is 17.0 Å². The van der Waals surface area contributed by atoms with Crippen LogP contribution in [0.5, 0.6) is 0 Å². The van der Waals surface area contributed by atoms with Crippen LogP contribution in [0.2, 0.25) is 0 Å². The van der Waals surface area contributed by atoms with Gasteiger partial charge in [0.2, 0.25) is 0 Å². The first-order chi connectivity index (χ1) is 13.4. The quantitative estimate of drug-likeness (QED) is 0.474. The third-order valence-electron chi connectivity index (χ3n) is 4.78. The summed E-state index contributed by atoms with van der Waals surface area (Å²) in [5.74, 6) is -1.99. The van der Waals surface area contributed by atoms with E-state index in [1.54, 1.807) is 42.5 Å². The van der Waals surface area contributed by atoms with Gasteiger partial charge >= 0.3 is 0 Å². The lowest BCUT2D eigenvalue weighted by atomic mass is 9.95. The normalized spacial score (nSPS) is 18.9. The van der Waals surface area contributed by atoms with Gasteiger partial charge in [0.05, 0.1) is 11.6 Å². The minimum atomic E-state index is -0.747. The molecule has 1 fully saturated rings. The van der Waals surface area contributed by atoms with E-state index in [-0.39, 0.29) is 11.3 Å². The summed E-state index contributed by atoms with van der Waals surface area (Å²) >= 11 is 0. The zero-order valence-corrected chi connectivity index (χ0v) is 15.9. The van der Waals surface area contributed by atoms with Gasteiger partial charge in [-0.25, -0.2) is 4.39 Å². The van der Waals surface area contributed by atoms with Crippen molar-refractivity contribution in [1.82, 2.24) is 9.80 Å². The SMILES string of the molecule is CN(C)CCCN1C(=O)C(=O)C(=C(O)c2ccccc2)[C@H]1c1ccc(F)cc1. The zero-order chi connectivity index (χ0) is 20.3. The van der Waals surface area contributed by atoms with Crippen LogP contribution in [0.25, 0.3) is 5.76 Å². The molecule has 28 heavy (non-hydrogen) atoms. The molecule has 0 aliphatic carbocycles. The van der Waals surface area contributed by atoms with Crippen molar-refractivity contribution in [3.05, 3.63) is 77.1 Å². The van der Waals surface area contributed by atoms with Gasteiger partial charge in [0, 0.05) is 12.1 Å². The third-order valence-corrected chi connectivity index (χ3v) is 4.78. The van der Waals surface area contributed by atoms with Gasteiger partial charge in [-0.05, 0) is 44.8 Å². The van der Waals surface area contributed by atoms with E-state index in [1.807, 2.05) is 19.0 Å². The Balaban J connectivity index is 2.07. The molecule has 2 aromatic carbocycles. The molecule has 0 aromatic heterocycles. The molecule has 1 aliphatic rings. The zero-order valence-electron chi connectivity index (χ0n) is 15.9. The molecule has 1 aliphatic heterocycles. The molecule has 2 aromatic rings. The Morgan fingerprint density at radius 1 is 1.07 bits per heavy atom. The first kappa shape index (κ1) is 19.8. The number of carbonyl (C=O) groups is 2. The highest BCUT2D eigenvalue weighted by Crippen LogP contribution is 2.39. The second-order valence-electron chi connectivity index (χ2n) is 7.07. The molecule has 0 spiro atoms. The van der Waals surface area contributed by atoms with Crippen LogP contribution >= 0.6 is 0 Å². The Labute approximate surface area is 163 Å². The first-order valence-electron chi connectivity index (χ1n) is 9.14. The largest absolute Gasteiger partial charge is 0.507 e. The third kappa shape index (κ3) is 3.97.